The Bertz CT molecular complexity index is 615. The topological polar surface area (TPSA) is 58.0 Å². The Balaban J connectivity index is 1.44. The van der Waals surface area contributed by atoms with Crippen LogP contribution in [0.5, 0.6) is 0 Å². The summed E-state index contributed by atoms with van der Waals surface area (Å²) in [6.45, 7) is 0.946. The molecule has 0 spiro atoms. The number of benzene rings is 1. The van der Waals surface area contributed by atoms with Crippen LogP contribution in [0.15, 0.2) is 39.6 Å². The van der Waals surface area contributed by atoms with Crippen LogP contribution in [0.25, 0.3) is 0 Å². The Morgan fingerprint density at radius 3 is 2.95 bits per heavy atom. The van der Waals surface area contributed by atoms with Gasteiger partial charge in [-0.05, 0) is 44.2 Å². The molecule has 1 aromatic heterocycles. The van der Waals surface area contributed by atoms with E-state index in [4.69, 9.17) is 4.52 Å². The maximum atomic E-state index is 11.8. The standard InChI is InChI=1S/C17H22N2O2/c20-17-16-14(10-6-11-15(16)21-19-17)18-12-5-4-9-13-7-2-1-3-8-13/h1-3,7-8,14,18H,4-6,9-12H2,(H,19,20)/t14-/m1/s1. The van der Waals surface area contributed by atoms with Gasteiger partial charge in [-0.1, -0.05) is 30.3 Å². The summed E-state index contributed by atoms with van der Waals surface area (Å²) in [5, 5.41) is 5.97. The highest BCUT2D eigenvalue weighted by Gasteiger charge is 2.25. The van der Waals surface area contributed by atoms with Crippen molar-refractivity contribution in [3.63, 3.8) is 0 Å². The van der Waals surface area contributed by atoms with Gasteiger partial charge in [0.15, 0.2) is 0 Å². The molecule has 3 rings (SSSR count). The minimum absolute atomic E-state index is 0.0634. The highest BCUT2D eigenvalue weighted by molar-refractivity contribution is 5.21. The maximum Gasteiger partial charge on any atom is 0.284 e. The monoisotopic (exact) mass is 286 g/mol. The number of hydrogen-bond acceptors (Lipinski definition) is 3. The van der Waals surface area contributed by atoms with Crippen molar-refractivity contribution < 1.29 is 4.52 Å². The van der Waals surface area contributed by atoms with Gasteiger partial charge in [-0.25, -0.2) is 0 Å². The number of hydrogen-bond donors (Lipinski definition) is 2. The van der Waals surface area contributed by atoms with Crippen LogP contribution in [0.2, 0.25) is 0 Å². The van der Waals surface area contributed by atoms with E-state index in [1.807, 2.05) is 6.07 Å². The predicted molar refractivity (Wildman–Crippen MR) is 82.4 cm³/mol. The van der Waals surface area contributed by atoms with E-state index in [-0.39, 0.29) is 11.6 Å². The smallest absolute Gasteiger partial charge is 0.284 e. The zero-order valence-corrected chi connectivity index (χ0v) is 12.2. The highest BCUT2D eigenvalue weighted by atomic mass is 16.5. The molecule has 0 aliphatic heterocycles. The van der Waals surface area contributed by atoms with Gasteiger partial charge in [-0.3, -0.25) is 4.79 Å². The normalized spacial score (nSPS) is 17.6. The van der Waals surface area contributed by atoms with Crippen LogP contribution in [0.4, 0.5) is 0 Å². The summed E-state index contributed by atoms with van der Waals surface area (Å²) in [7, 11) is 0. The number of H-pyrrole nitrogens is 1. The maximum absolute atomic E-state index is 11.8. The van der Waals surface area contributed by atoms with Crippen molar-refractivity contribution in [2.45, 2.75) is 44.6 Å². The molecular weight excluding hydrogens is 264 g/mol. The van der Waals surface area contributed by atoms with Crippen molar-refractivity contribution in [2.75, 3.05) is 6.54 Å². The number of aromatic nitrogens is 1. The molecule has 0 amide bonds. The van der Waals surface area contributed by atoms with E-state index >= 15 is 0 Å². The Morgan fingerprint density at radius 2 is 2.10 bits per heavy atom. The van der Waals surface area contributed by atoms with Gasteiger partial charge in [-0.15, -0.1) is 0 Å². The minimum atomic E-state index is -0.0634. The summed E-state index contributed by atoms with van der Waals surface area (Å²) in [6.07, 6.45) is 6.38. The average molecular weight is 286 g/mol. The van der Waals surface area contributed by atoms with Gasteiger partial charge in [0.1, 0.15) is 5.76 Å². The molecule has 4 nitrogen and oxygen atoms in total. The summed E-state index contributed by atoms with van der Waals surface area (Å²) in [5.41, 5.74) is 2.15. The molecule has 0 bridgehead atoms. The first kappa shape index (κ1) is 14.1. The lowest BCUT2D eigenvalue weighted by Crippen LogP contribution is -2.29. The van der Waals surface area contributed by atoms with Crippen LogP contribution in [0, 0.1) is 0 Å². The van der Waals surface area contributed by atoms with Crippen molar-refractivity contribution in [1.82, 2.24) is 10.5 Å². The SMILES string of the molecule is O=c1[nH]oc2c1[C@H](NCCCCc1ccccc1)CCC2. The number of fused-ring (bicyclic) bond motifs is 1. The Kier molecular flexibility index (Phi) is 4.55. The summed E-state index contributed by atoms with van der Waals surface area (Å²) in [4.78, 5) is 11.8. The third-order valence-electron chi connectivity index (χ3n) is 4.18. The van der Waals surface area contributed by atoms with E-state index in [1.165, 1.54) is 12.0 Å². The molecule has 2 N–H and O–H groups in total. The molecule has 1 aromatic carbocycles. The van der Waals surface area contributed by atoms with Crippen molar-refractivity contribution in [3.8, 4) is 0 Å². The summed E-state index contributed by atoms with van der Waals surface area (Å²) >= 11 is 0. The van der Waals surface area contributed by atoms with Gasteiger partial charge >= 0.3 is 0 Å². The van der Waals surface area contributed by atoms with E-state index < -0.39 is 0 Å². The van der Waals surface area contributed by atoms with E-state index in [2.05, 4.69) is 34.7 Å². The number of rotatable bonds is 6. The van der Waals surface area contributed by atoms with Crippen LogP contribution < -0.4 is 10.9 Å². The first-order valence-corrected chi connectivity index (χ1v) is 7.82. The first-order valence-electron chi connectivity index (χ1n) is 7.82. The Morgan fingerprint density at radius 1 is 1.24 bits per heavy atom. The molecule has 0 saturated carbocycles. The molecule has 2 aromatic rings. The van der Waals surface area contributed by atoms with Gasteiger partial charge in [0.2, 0.25) is 0 Å². The molecule has 1 aliphatic carbocycles. The molecule has 4 heteroatoms. The predicted octanol–water partition coefficient (Wildman–Crippen LogP) is 2.96. The molecular formula is C17H22N2O2. The average Bonchev–Trinajstić information content (AvgIpc) is 2.90. The largest absolute Gasteiger partial charge is 0.383 e. The molecule has 0 unspecified atom stereocenters. The highest BCUT2D eigenvalue weighted by Crippen LogP contribution is 2.26. The zero-order valence-electron chi connectivity index (χ0n) is 12.2. The third-order valence-corrected chi connectivity index (χ3v) is 4.18. The van der Waals surface area contributed by atoms with Gasteiger partial charge in [-0.2, -0.15) is 5.16 Å². The van der Waals surface area contributed by atoms with Gasteiger partial charge in [0.25, 0.3) is 5.56 Å². The second-order valence-corrected chi connectivity index (χ2v) is 5.71. The lowest BCUT2D eigenvalue weighted by molar-refractivity contribution is 0.353. The van der Waals surface area contributed by atoms with Crippen LogP contribution >= 0.6 is 0 Å². The molecule has 0 saturated heterocycles. The van der Waals surface area contributed by atoms with Crippen LogP contribution in [-0.4, -0.2) is 11.7 Å². The fourth-order valence-electron chi connectivity index (χ4n) is 3.07. The summed E-state index contributed by atoms with van der Waals surface area (Å²) in [6, 6.07) is 10.7. The molecule has 1 atom stereocenters. The lowest BCUT2D eigenvalue weighted by atomic mass is 9.93. The van der Waals surface area contributed by atoms with E-state index in [0.29, 0.717) is 0 Å². The van der Waals surface area contributed by atoms with Crippen molar-refractivity contribution in [1.29, 1.82) is 0 Å². The van der Waals surface area contributed by atoms with Crippen LogP contribution in [0.3, 0.4) is 0 Å². The van der Waals surface area contributed by atoms with E-state index in [9.17, 15) is 4.79 Å². The van der Waals surface area contributed by atoms with Crippen molar-refractivity contribution in [3.05, 3.63) is 57.6 Å². The second-order valence-electron chi connectivity index (χ2n) is 5.71. The molecule has 0 fully saturated rings. The third kappa shape index (κ3) is 3.45. The Hall–Kier alpha value is -1.81. The lowest BCUT2D eigenvalue weighted by Gasteiger charge is -2.21. The van der Waals surface area contributed by atoms with E-state index in [1.54, 1.807) is 0 Å². The molecule has 21 heavy (non-hydrogen) atoms. The number of nitrogens with one attached hydrogen (secondary N) is 2. The fourth-order valence-corrected chi connectivity index (χ4v) is 3.07. The van der Waals surface area contributed by atoms with Crippen molar-refractivity contribution >= 4 is 0 Å². The van der Waals surface area contributed by atoms with Crippen LogP contribution in [0.1, 0.15) is 48.6 Å². The second kappa shape index (κ2) is 6.76. The fraction of sp³-hybridized carbons (Fsp3) is 0.471. The first-order chi connectivity index (χ1) is 10.3. The molecule has 0 radical (unpaired) electrons. The zero-order chi connectivity index (χ0) is 14.5. The van der Waals surface area contributed by atoms with Crippen LogP contribution in [-0.2, 0) is 12.8 Å². The molecule has 1 aliphatic rings. The summed E-state index contributed by atoms with van der Waals surface area (Å²) in [5.74, 6) is 0.841. The van der Waals surface area contributed by atoms with Crippen molar-refractivity contribution in [2.24, 2.45) is 0 Å². The quantitative estimate of drug-likeness (QED) is 0.803. The van der Waals surface area contributed by atoms with Gasteiger partial charge in [0, 0.05) is 12.5 Å². The minimum Gasteiger partial charge on any atom is -0.383 e. The number of aryl methyl sites for hydroxylation is 2. The summed E-state index contributed by atoms with van der Waals surface area (Å²) < 4.78 is 5.22. The molecule has 1 heterocycles. The van der Waals surface area contributed by atoms with E-state index in [0.717, 1.165) is 50.0 Å². The number of unbranched alkanes of at least 4 members (excludes halogenated alkanes) is 1. The van der Waals surface area contributed by atoms with Gasteiger partial charge in [0.05, 0.1) is 5.56 Å². The number of aromatic amines is 1. The Labute approximate surface area is 124 Å². The molecule has 112 valence electrons. The van der Waals surface area contributed by atoms with Gasteiger partial charge < -0.3 is 9.84 Å².